The van der Waals surface area contributed by atoms with Crippen LogP contribution in [0.5, 0.6) is 0 Å². The van der Waals surface area contributed by atoms with E-state index < -0.39 is 0 Å². The largest absolute Gasteiger partial charge is 0.378 e. The monoisotopic (exact) mass is 507 g/mol. The minimum atomic E-state index is -0.181. The van der Waals surface area contributed by atoms with Gasteiger partial charge in [0.15, 0.2) is 0 Å². The molecular formula is C32H33N3O3. The second-order valence-electron chi connectivity index (χ2n) is 11.2. The van der Waals surface area contributed by atoms with Crippen molar-refractivity contribution in [3.63, 3.8) is 0 Å². The second-order valence-corrected chi connectivity index (χ2v) is 11.2. The predicted octanol–water partition coefficient (Wildman–Crippen LogP) is 5.71. The summed E-state index contributed by atoms with van der Waals surface area (Å²) >= 11 is 0. The maximum atomic E-state index is 13.5. The molecule has 7 rings (SSSR count). The van der Waals surface area contributed by atoms with Crippen molar-refractivity contribution in [2.24, 2.45) is 17.8 Å². The maximum Gasteiger partial charge on any atom is 0.256 e. The van der Waals surface area contributed by atoms with E-state index in [1.54, 1.807) is 11.0 Å². The first kappa shape index (κ1) is 23.5. The van der Waals surface area contributed by atoms with E-state index >= 15 is 0 Å². The van der Waals surface area contributed by atoms with Crippen molar-refractivity contribution in [2.75, 3.05) is 36.9 Å². The molecule has 0 unspecified atom stereocenters. The molecule has 2 aliphatic heterocycles. The highest BCUT2D eigenvalue weighted by Crippen LogP contribution is 2.63. The number of fused-ring (bicyclic) bond motifs is 7. The number of carbonyl (C=O) groups excluding carboxylic acids is 2. The molecule has 6 nitrogen and oxygen atoms in total. The van der Waals surface area contributed by atoms with Crippen LogP contribution in [0.2, 0.25) is 0 Å². The van der Waals surface area contributed by atoms with Crippen LogP contribution in [0.1, 0.15) is 63.1 Å². The molecule has 2 aliphatic carbocycles. The molecule has 3 aromatic rings. The summed E-state index contributed by atoms with van der Waals surface area (Å²) in [6.45, 7) is 2.21. The van der Waals surface area contributed by atoms with E-state index in [1.807, 2.05) is 24.3 Å². The SMILES string of the molecule is O=C(Nc1ccccc1C(=O)N1CCOCC1)c1ccc2c(c1)[C@@H]1[C@H]3CC[C@@H](C3)[C@H]1[C@@H](c1ccccc1)N2. The summed E-state index contributed by atoms with van der Waals surface area (Å²) in [7, 11) is 0. The van der Waals surface area contributed by atoms with Gasteiger partial charge in [0, 0.05) is 24.3 Å². The Morgan fingerprint density at radius 3 is 2.50 bits per heavy atom. The first-order chi connectivity index (χ1) is 18.7. The summed E-state index contributed by atoms with van der Waals surface area (Å²) < 4.78 is 5.39. The van der Waals surface area contributed by atoms with Gasteiger partial charge < -0.3 is 20.3 Å². The molecule has 2 heterocycles. The van der Waals surface area contributed by atoms with Crippen LogP contribution < -0.4 is 10.6 Å². The molecule has 2 bridgehead atoms. The standard InChI is InChI=1S/C32H33N3O3/c36-31(34-26-9-5-4-8-24(26)32(37)35-14-16-38-17-15-35)23-12-13-27-25(19-23)28-21-10-11-22(18-21)29(28)30(33-27)20-6-2-1-3-7-20/h1-9,12-13,19,21-22,28-30,33H,10-11,14-18H2,(H,34,36)/t21-,22-,28-,29+,30+/m0/s1. The molecule has 1 saturated heterocycles. The third-order valence-electron chi connectivity index (χ3n) is 9.21. The van der Waals surface area contributed by atoms with Gasteiger partial charge in [-0.15, -0.1) is 0 Å². The molecule has 6 heteroatoms. The van der Waals surface area contributed by atoms with Crippen LogP contribution >= 0.6 is 0 Å². The zero-order chi connectivity index (χ0) is 25.6. The summed E-state index contributed by atoms with van der Waals surface area (Å²) in [5.41, 5.74) is 5.47. The van der Waals surface area contributed by atoms with Crippen LogP contribution in [0, 0.1) is 17.8 Å². The van der Waals surface area contributed by atoms with E-state index in [-0.39, 0.29) is 11.8 Å². The van der Waals surface area contributed by atoms with E-state index in [4.69, 9.17) is 4.74 Å². The Morgan fingerprint density at radius 1 is 0.895 bits per heavy atom. The first-order valence-electron chi connectivity index (χ1n) is 13.9. The van der Waals surface area contributed by atoms with E-state index in [0.29, 0.717) is 66.9 Å². The van der Waals surface area contributed by atoms with Crippen LogP contribution in [-0.4, -0.2) is 43.0 Å². The van der Waals surface area contributed by atoms with Crippen molar-refractivity contribution in [3.05, 3.63) is 95.1 Å². The normalized spacial score (nSPS) is 27.3. The van der Waals surface area contributed by atoms with Crippen LogP contribution in [0.3, 0.4) is 0 Å². The minimum absolute atomic E-state index is 0.0735. The zero-order valence-electron chi connectivity index (χ0n) is 21.4. The van der Waals surface area contributed by atoms with Gasteiger partial charge in [-0.2, -0.15) is 0 Å². The Hall–Kier alpha value is -3.64. The van der Waals surface area contributed by atoms with Crippen LogP contribution in [-0.2, 0) is 4.74 Å². The number of hydrogen-bond donors (Lipinski definition) is 2. The van der Waals surface area contributed by atoms with Crippen molar-refractivity contribution >= 4 is 23.2 Å². The third-order valence-corrected chi connectivity index (χ3v) is 9.21. The molecule has 2 amide bonds. The lowest BCUT2D eigenvalue weighted by Gasteiger charge is -2.43. The van der Waals surface area contributed by atoms with Gasteiger partial charge in [0.1, 0.15) is 0 Å². The van der Waals surface area contributed by atoms with E-state index in [0.717, 1.165) is 11.6 Å². The fourth-order valence-corrected chi connectivity index (χ4v) is 7.53. The van der Waals surface area contributed by atoms with Gasteiger partial charge in [-0.3, -0.25) is 9.59 Å². The Labute approximate surface area is 223 Å². The average Bonchev–Trinajstić information content (AvgIpc) is 3.60. The van der Waals surface area contributed by atoms with Gasteiger partial charge in [0.05, 0.1) is 30.5 Å². The van der Waals surface area contributed by atoms with E-state index in [1.165, 1.54) is 30.4 Å². The number of nitrogens with zero attached hydrogens (tertiary/aromatic N) is 1. The Morgan fingerprint density at radius 2 is 1.66 bits per heavy atom. The molecule has 2 N–H and O–H groups in total. The molecule has 5 atom stereocenters. The molecule has 194 valence electrons. The third kappa shape index (κ3) is 3.99. The highest BCUT2D eigenvalue weighted by Gasteiger charge is 2.53. The van der Waals surface area contributed by atoms with Gasteiger partial charge in [-0.05, 0) is 84.4 Å². The molecular weight excluding hydrogens is 474 g/mol. The van der Waals surface area contributed by atoms with E-state index in [9.17, 15) is 9.59 Å². The Kier molecular flexibility index (Phi) is 5.92. The van der Waals surface area contributed by atoms with Crippen molar-refractivity contribution in [3.8, 4) is 0 Å². The number of hydrogen-bond acceptors (Lipinski definition) is 4. The number of carbonyl (C=O) groups is 2. The first-order valence-corrected chi connectivity index (χ1v) is 13.9. The summed E-state index contributed by atoms with van der Waals surface area (Å²) in [6, 6.07) is 24.5. The molecule has 0 spiro atoms. The number of morpholine rings is 1. The topological polar surface area (TPSA) is 70.7 Å². The fraction of sp³-hybridized carbons (Fsp3) is 0.375. The van der Waals surface area contributed by atoms with Crippen LogP contribution in [0.15, 0.2) is 72.8 Å². The summed E-state index contributed by atoms with van der Waals surface area (Å²) in [5.74, 6) is 2.18. The van der Waals surface area contributed by atoms with Crippen molar-refractivity contribution < 1.29 is 14.3 Å². The molecule has 2 saturated carbocycles. The molecule has 0 radical (unpaired) electrons. The Bertz CT molecular complexity index is 1370. The number of anilines is 2. The molecule has 38 heavy (non-hydrogen) atoms. The maximum absolute atomic E-state index is 13.5. The lowest BCUT2D eigenvalue weighted by molar-refractivity contribution is 0.0303. The molecule has 3 aromatic carbocycles. The number of ether oxygens (including phenoxy) is 1. The summed E-state index contributed by atoms with van der Waals surface area (Å²) in [5, 5.41) is 6.90. The average molecular weight is 508 g/mol. The number of nitrogens with one attached hydrogen (secondary N) is 2. The molecule has 0 aromatic heterocycles. The number of para-hydroxylation sites is 1. The zero-order valence-corrected chi connectivity index (χ0v) is 21.4. The lowest BCUT2D eigenvalue weighted by Crippen LogP contribution is -2.41. The minimum Gasteiger partial charge on any atom is -0.378 e. The van der Waals surface area contributed by atoms with Crippen LogP contribution in [0.25, 0.3) is 0 Å². The summed E-state index contributed by atoms with van der Waals surface area (Å²) in [6.07, 6.45) is 3.87. The quantitative estimate of drug-likeness (QED) is 0.475. The van der Waals surface area contributed by atoms with Gasteiger partial charge in [-0.25, -0.2) is 0 Å². The fourth-order valence-electron chi connectivity index (χ4n) is 7.53. The highest BCUT2D eigenvalue weighted by atomic mass is 16.5. The van der Waals surface area contributed by atoms with Gasteiger partial charge >= 0.3 is 0 Å². The Balaban J connectivity index is 1.17. The number of rotatable bonds is 4. The number of benzene rings is 3. The predicted molar refractivity (Wildman–Crippen MR) is 147 cm³/mol. The van der Waals surface area contributed by atoms with Crippen molar-refractivity contribution in [2.45, 2.75) is 31.2 Å². The molecule has 3 fully saturated rings. The van der Waals surface area contributed by atoms with Gasteiger partial charge in [0.2, 0.25) is 0 Å². The van der Waals surface area contributed by atoms with Crippen LogP contribution in [0.4, 0.5) is 11.4 Å². The van der Waals surface area contributed by atoms with Gasteiger partial charge in [-0.1, -0.05) is 42.5 Å². The summed E-state index contributed by atoms with van der Waals surface area (Å²) in [4.78, 5) is 28.5. The highest BCUT2D eigenvalue weighted by molar-refractivity contribution is 6.09. The van der Waals surface area contributed by atoms with E-state index in [2.05, 4.69) is 53.1 Å². The van der Waals surface area contributed by atoms with Gasteiger partial charge in [0.25, 0.3) is 11.8 Å². The molecule has 4 aliphatic rings. The smallest absolute Gasteiger partial charge is 0.256 e. The van der Waals surface area contributed by atoms with Crippen molar-refractivity contribution in [1.82, 2.24) is 4.90 Å². The van der Waals surface area contributed by atoms with Crippen molar-refractivity contribution in [1.29, 1.82) is 0 Å². The number of amides is 2. The lowest BCUT2D eigenvalue weighted by atomic mass is 9.68. The second kappa shape index (κ2) is 9.59.